The minimum absolute atomic E-state index is 0.00248. The summed E-state index contributed by atoms with van der Waals surface area (Å²) < 4.78 is 0. The lowest BCUT2D eigenvalue weighted by atomic mass is 10.1. The van der Waals surface area contributed by atoms with Crippen LogP contribution >= 0.6 is 0 Å². The molecule has 0 radical (unpaired) electrons. The van der Waals surface area contributed by atoms with E-state index < -0.39 is 0 Å². The maximum atomic E-state index is 12.2. The number of amides is 2. The zero-order valence-corrected chi connectivity index (χ0v) is 15.9. The summed E-state index contributed by atoms with van der Waals surface area (Å²) in [6, 6.07) is 11.3. The highest BCUT2D eigenvalue weighted by Gasteiger charge is 2.07. The Morgan fingerprint density at radius 3 is 1.85 bits per heavy atom. The topological polar surface area (TPSA) is 70.2 Å². The van der Waals surface area contributed by atoms with Gasteiger partial charge in [0.1, 0.15) is 0 Å². The van der Waals surface area contributed by atoms with E-state index in [1.165, 1.54) is 5.56 Å². The number of hydrogen-bond donors (Lipinski definition) is 3. The van der Waals surface area contributed by atoms with Gasteiger partial charge in [0.25, 0.3) is 0 Å². The Kier molecular flexibility index (Phi) is 6.78. The summed E-state index contributed by atoms with van der Waals surface area (Å²) in [5, 5.41) is 8.89. The molecule has 26 heavy (non-hydrogen) atoms. The highest BCUT2D eigenvalue weighted by Crippen LogP contribution is 2.21. The molecule has 0 aliphatic heterocycles. The molecule has 0 saturated carbocycles. The molecule has 2 aromatic carbocycles. The number of carbonyl (C=O) groups is 2. The molecule has 2 rings (SSSR count). The first kappa shape index (κ1) is 19.5. The summed E-state index contributed by atoms with van der Waals surface area (Å²) in [5.74, 6) is -0.121. The molecular formula is C21H27N3O2. The molecule has 0 unspecified atom stereocenters. The van der Waals surface area contributed by atoms with Gasteiger partial charge in [0.15, 0.2) is 0 Å². The van der Waals surface area contributed by atoms with Crippen molar-refractivity contribution >= 4 is 28.9 Å². The molecule has 0 spiro atoms. The van der Waals surface area contributed by atoms with Crippen molar-refractivity contribution in [2.75, 3.05) is 22.5 Å². The zero-order chi connectivity index (χ0) is 19.1. The Hall–Kier alpha value is -2.82. The summed E-state index contributed by atoms with van der Waals surface area (Å²) >= 11 is 0. The van der Waals surface area contributed by atoms with Gasteiger partial charge in [0.05, 0.1) is 6.54 Å². The highest BCUT2D eigenvalue weighted by molar-refractivity contribution is 5.95. The fraction of sp³-hybridized carbons (Fsp3) is 0.333. The monoisotopic (exact) mass is 353 g/mol. The Morgan fingerprint density at radius 2 is 1.35 bits per heavy atom. The summed E-state index contributed by atoms with van der Waals surface area (Å²) in [6.45, 7) is 8.29. The van der Waals surface area contributed by atoms with Gasteiger partial charge in [-0.05, 0) is 62.6 Å². The third-order valence-electron chi connectivity index (χ3n) is 4.03. The molecule has 0 saturated heterocycles. The Bertz CT molecular complexity index is 759. The van der Waals surface area contributed by atoms with Crippen molar-refractivity contribution in [3.63, 3.8) is 0 Å². The van der Waals surface area contributed by atoms with Gasteiger partial charge in [-0.3, -0.25) is 9.59 Å². The maximum Gasteiger partial charge on any atom is 0.243 e. The van der Waals surface area contributed by atoms with Crippen LogP contribution in [0, 0.1) is 20.8 Å². The van der Waals surface area contributed by atoms with Gasteiger partial charge >= 0.3 is 0 Å². The SMILES string of the molecule is CCCC(=O)Nc1ccc(NC(=O)CNc2c(C)cc(C)cc2C)cc1. The molecule has 5 heteroatoms. The average molecular weight is 353 g/mol. The molecule has 0 heterocycles. The molecule has 0 fully saturated rings. The van der Waals surface area contributed by atoms with Gasteiger partial charge in [-0.2, -0.15) is 0 Å². The fourth-order valence-electron chi connectivity index (χ4n) is 2.92. The van der Waals surface area contributed by atoms with Crippen LogP contribution in [0.25, 0.3) is 0 Å². The zero-order valence-electron chi connectivity index (χ0n) is 15.9. The Labute approximate surface area is 155 Å². The van der Waals surface area contributed by atoms with Crippen molar-refractivity contribution < 1.29 is 9.59 Å². The van der Waals surface area contributed by atoms with E-state index in [0.29, 0.717) is 12.1 Å². The van der Waals surface area contributed by atoms with Gasteiger partial charge in [-0.25, -0.2) is 0 Å². The van der Waals surface area contributed by atoms with Crippen molar-refractivity contribution in [1.29, 1.82) is 0 Å². The second kappa shape index (κ2) is 9.04. The molecular weight excluding hydrogens is 326 g/mol. The van der Waals surface area contributed by atoms with Crippen molar-refractivity contribution in [3.05, 3.63) is 53.1 Å². The highest BCUT2D eigenvalue weighted by atomic mass is 16.2. The number of hydrogen-bond acceptors (Lipinski definition) is 3. The van der Waals surface area contributed by atoms with Crippen molar-refractivity contribution in [2.45, 2.75) is 40.5 Å². The predicted molar refractivity (Wildman–Crippen MR) is 108 cm³/mol. The van der Waals surface area contributed by atoms with Gasteiger partial charge in [0.2, 0.25) is 11.8 Å². The quantitative estimate of drug-likeness (QED) is 0.691. The number of anilines is 3. The van der Waals surface area contributed by atoms with E-state index in [1.807, 2.05) is 20.8 Å². The molecule has 3 N–H and O–H groups in total. The summed E-state index contributed by atoms with van der Waals surface area (Å²) in [4.78, 5) is 23.8. The number of benzene rings is 2. The van der Waals surface area contributed by atoms with Crippen LogP contribution in [0.2, 0.25) is 0 Å². The largest absolute Gasteiger partial charge is 0.376 e. The van der Waals surface area contributed by atoms with Crippen LogP contribution in [0.4, 0.5) is 17.1 Å². The van der Waals surface area contributed by atoms with Crippen LogP contribution in [-0.4, -0.2) is 18.4 Å². The molecule has 0 atom stereocenters. The fourth-order valence-corrected chi connectivity index (χ4v) is 2.92. The molecule has 0 aliphatic rings. The number of nitrogens with one attached hydrogen (secondary N) is 3. The number of rotatable bonds is 7. The van der Waals surface area contributed by atoms with E-state index in [9.17, 15) is 9.59 Å². The first-order chi connectivity index (χ1) is 12.4. The first-order valence-electron chi connectivity index (χ1n) is 8.90. The minimum atomic E-state index is -0.118. The third kappa shape index (κ3) is 5.62. The second-order valence-corrected chi connectivity index (χ2v) is 6.55. The smallest absolute Gasteiger partial charge is 0.243 e. The van der Waals surface area contributed by atoms with Gasteiger partial charge in [-0.1, -0.05) is 24.6 Å². The lowest BCUT2D eigenvalue weighted by Crippen LogP contribution is -2.22. The first-order valence-corrected chi connectivity index (χ1v) is 8.90. The van der Waals surface area contributed by atoms with Crippen LogP contribution < -0.4 is 16.0 Å². The predicted octanol–water partition coefficient (Wildman–Crippen LogP) is 4.40. The van der Waals surface area contributed by atoms with Crippen LogP contribution in [0.5, 0.6) is 0 Å². The molecule has 138 valence electrons. The molecule has 0 bridgehead atoms. The third-order valence-corrected chi connectivity index (χ3v) is 4.03. The summed E-state index contributed by atoms with van der Waals surface area (Å²) in [6.07, 6.45) is 1.31. The van der Waals surface area contributed by atoms with Gasteiger partial charge < -0.3 is 16.0 Å². The molecule has 5 nitrogen and oxygen atoms in total. The lowest BCUT2D eigenvalue weighted by molar-refractivity contribution is -0.116. The van der Waals surface area contributed by atoms with Crippen LogP contribution in [-0.2, 0) is 9.59 Å². The summed E-state index contributed by atoms with van der Waals surface area (Å²) in [7, 11) is 0. The second-order valence-electron chi connectivity index (χ2n) is 6.55. The minimum Gasteiger partial charge on any atom is -0.376 e. The van der Waals surface area contributed by atoms with E-state index in [4.69, 9.17) is 0 Å². The van der Waals surface area contributed by atoms with Crippen LogP contribution in [0.15, 0.2) is 36.4 Å². The average Bonchev–Trinajstić information content (AvgIpc) is 2.56. The molecule has 2 amide bonds. The normalized spacial score (nSPS) is 10.3. The van der Waals surface area contributed by atoms with E-state index in [-0.39, 0.29) is 18.4 Å². The lowest BCUT2D eigenvalue weighted by Gasteiger charge is -2.14. The number of aryl methyl sites for hydroxylation is 3. The van der Waals surface area contributed by atoms with Crippen molar-refractivity contribution in [1.82, 2.24) is 0 Å². The summed E-state index contributed by atoms with van der Waals surface area (Å²) in [5.41, 5.74) is 5.89. The Balaban J connectivity index is 1.89. The van der Waals surface area contributed by atoms with E-state index >= 15 is 0 Å². The van der Waals surface area contributed by atoms with Gasteiger partial charge in [-0.15, -0.1) is 0 Å². The van der Waals surface area contributed by atoms with E-state index in [2.05, 4.69) is 35.0 Å². The standard InChI is InChI=1S/C21H27N3O2/c1-5-6-19(25)23-17-7-9-18(10-8-17)24-20(26)13-22-21-15(3)11-14(2)12-16(21)4/h7-12,22H,5-6,13H2,1-4H3,(H,23,25)(H,24,26). The van der Waals surface area contributed by atoms with Crippen LogP contribution in [0.3, 0.4) is 0 Å². The van der Waals surface area contributed by atoms with Crippen LogP contribution in [0.1, 0.15) is 36.5 Å². The maximum absolute atomic E-state index is 12.2. The molecule has 0 aliphatic carbocycles. The number of carbonyl (C=O) groups excluding carboxylic acids is 2. The molecule has 0 aromatic heterocycles. The van der Waals surface area contributed by atoms with Crippen molar-refractivity contribution in [3.8, 4) is 0 Å². The van der Waals surface area contributed by atoms with Crippen molar-refractivity contribution in [2.24, 2.45) is 0 Å². The van der Waals surface area contributed by atoms with E-state index in [0.717, 1.165) is 28.9 Å². The Morgan fingerprint density at radius 1 is 0.846 bits per heavy atom. The molecule has 2 aromatic rings. The van der Waals surface area contributed by atoms with Gasteiger partial charge in [0, 0.05) is 23.5 Å². The van der Waals surface area contributed by atoms with E-state index in [1.54, 1.807) is 24.3 Å².